The number of hydrogen-bond acceptors (Lipinski definition) is 3. The van der Waals surface area contributed by atoms with Crippen molar-refractivity contribution in [3.05, 3.63) is 23.5 Å². The first-order chi connectivity index (χ1) is 8.75. The molecule has 2 rings (SSSR count). The summed E-state index contributed by atoms with van der Waals surface area (Å²) in [6.45, 7) is 1.77. The van der Waals surface area contributed by atoms with E-state index in [-0.39, 0.29) is 12.5 Å². The average Bonchev–Trinajstić information content (AvgIpc) is 2.66. The van der Waals surface area contributed by atoms with Crippen molar-refractivity contribution in [1.82, 2.24) is 9.88 Å². The molecule has 0 unspecified atom stereocenters. The van der Waals surface area contributed by atoms with Gasteiger partial charge in [-0.2, -0.15) is 0 Å². The fourth-order valence-corrected chi connectivity index (χ4v) is 2.12. The fourth-order valence-electron chi connectivity index (χ4n) is 2.00. The molecule has 0 bridgehead atoms. The van der Waals surface area contributed by atoms with Crippen LogP contribution in [0.15, 0.2) is 18.3 Å². The second-order valence-corrected chi connectivity index (χ2v) is 4.79. The molecule has 0 atom stereocenters. The highest BCUT2D eigenvalue weighted by Gasteiger charge is 2.15. The van der Waals surface area contributed by atoms with Gasteiger partial charge in [0.05, 0.1) is 6.20 Å². The molecule has 1 aliphatic heterocycles. The van der Waals surface area contributed by atoms with Crippen LogP contribution in [0.4, 0.5) is 0 Å². The Hall–Kier alpha value is -1.29. The molecule has 0 aromatic carbocycles. The van der Waals surface area contributed by atoms with E-state index in [1.54, 1.807) is 12.1 Å². The summed E-state index contributed by atoms with van der Waals surface area (Å²) >= 11 is 5.67. The van der Waals surface area contributed by atoms with Crippen molar-refractivity contribution >= 4 is 17.5 Å². The summed E-state index contributed by atoms with van der Waals surface area (Å²) < 4.78 is 5.40. The van der Waals surface area contributed by atoms with E-state index in [2.05, 4.69) is 4.98 Å². The van der Waals surface area contributed by atoms with Gasteiger partial charge in [0.25, 0.3) is 5.91 Å². The molecule has 1 aliphatic rings. The molecular formula is C13H17ClN2O2. The molecule has 0 radical (unpaired) electrons. The molecule has 0 aliphatic carbocycles. The van der Waals surface area contributed by atoms with Crippen LogP contribution in [0.25, 0.3) is 0 Å². The Morgan fingerprint density at radius 1 is 1.28 bits per heavy atom. The molecule has 1 amide bonds. The lowest BCUT2D eigenvalue weighted by Gasteiger charge is -2.20. The van der Waals surface area contributed by atoms with Crippen molar-refractivity contribution in [1.29, 1.82) is 0 Å². The highest BCUT2D eigenvalue weighted by Crippen LogP contribution is 2.13. The number of carbonyl (C=O) groups excluding carboxylic acids is 1. The third-order valence-electron chi connectivity index (χ3n) is 3.02. The number of ether oxygens (including phenoxy) is 1. The van der Waals surface area contributed by atoms with Gasteiger partial charge in [0.2, 0.25) is 0 Å². The van der Waals surface area contributed by atoms with Gasteiger partial charge in [-0.1, -0.05) is 24.4 Å². The average molecular weight is 269 g/mol. The molecular weight excluding hydrogens is 252 g/mol. The van der Waals surface area contributed by atoms with Crippen LogP contribution in [0.3, 0.4) is 0 Å². The Morgan fingerprint density at radius 2 is 2.00 bits per heavy atom. The Bertz CT molecular complexity index is 386. The van der Waals surface area contributed by atoms with E-state index >= 15 is 0 Å². The lowest BCUT2D eigenvalue weighted by Crippen LogP contribution is -2.35. The zero-order chi connectivity index (χ0) is 12.8. The molecule has 0 spiro atoms. The first-order valence-corrected chi connectivity index (χ1v) is 6.65. The third-order valence-corrected chi connectivity index (χ3v) is 3.24. The van der Waals surface area contributed by atoms with Crippen molar-refractivity contribution in [2.45, 2.75) is 25.7 Å². The van der Waals surface area contributed by atoms with E-state index in [9.17, 15) is 4.79 Å². The van der Waals surface area contributed by atoms with Gasteiger partial charge in [-0.25, -0.2) is 4.98 Å². The quantitative estimate of drug-likeness (QED) is 0.791. The summed E-state index contributed by atoms with van der Waals surface area (Å²) in [5, 5.41) is 0.418. The molecule has 1 saturated heterocycles. The van der Waals surface area contributed by atoms with Gasteiger partial charge in [-0.3, -0.25) is 4.79 Å². The second kappa shape index (κ2) is 6.59. The predicted octanol–water partition coefficient (Wildman–Crippen LogP) is 2.52. The number of pyridine rings is 1. The smallest absolute Gasteiger partial charge is 0.260 e. The minimum absolute atomic E-state index is 0.0480. The zero-order valence-electron chi connectivity index (χ0n) is 10.3. The summed E-state index contributed by atoms with van der Waals surface area (Å²) in [7, 11) is 0. The molecule has 98 valence electrons. The first kappa shape index (κ1) is 13.1. The molecule has 1 aromatic rings. The Kier molecular flexibility index (Phi) is 4.81. The van der Waals surface area contributed by atoms with Crippen LogP contribution >= 0.6 is 11.6 Å². The summed E-state index contributed by atoms with van der Waals surface area (Å²) in [6.07, 6.45) is 6.14. The van der Waals surface area contributed by atoms with Crippen molar-refractivity contribution in [2.75, 3.05) is 19.7 Å². The topological polar surface area (TPSA) is 42.4 Å². The predicted molar refractivity (Wildman–Crippen MR) is 69.8 cm³/mol. The molecule has 0 N–H and O–H groups in total. The van der Waals surface area contributed by atoms with Gasteiger partial charge < -0.3 is 9.64 Å². The number of carbonyl (C=O) groups is 1. The van der Waals surface area contributed by atoms with E-state index in [0.29, 0.717) is 10.9 Å². The number of halogens is 1. The lowest BCUT2D eigenvalue weighted by molar-refractivity contribution is -0.133. The van der Waals surface area contributed by atoms with Gasteiger partial charge in [-0.15, -0.1) is 0 Å². The van der Waals surface area contributed by atoms with Crippen LogP contribution in [-0.2, 0) is 4.79 Å². The highest BCUT2D eigenvalue weighted by atomic mass is 35.5. The zero-order valence-corrected chi connectivity index (χ0v) is 11.0. The van der Waals surface area contributed by atoms with E-state index in [0.717, 1.165) is 25.9 Å². The number of hydrogen-bond donors (Lipinski definition) is 0. The van der Waals surface area contributed by atoms with Crippen LogP contribution in [0, 0.1) is 0 Å². The Balaban J connectivity index is 1.81. The van der Waals surface area contributed by atoms with E-state index in [1.165, 1.54) is 19.0 Å². The molecule has 1 aromatic heterocycles. The van der Waals surface area contributed by atoms with Crippen LogP contribution in [0.5, 0.6) is 5.75 Å². The molecule has 18 heavy (non-hydrogen) atoms. The van der Waals surface area contributed by atoms with Gasteiger partial charge in [0.1, 0.15) is 10.9 Å². The minimum atomic E-state index is 0.0480. The SMILES string of the molecule is O=C(COc1ccc(Cl)nc1)N1CCCCCC1. The maximum Gasteiger partial charge on any atom is 0.260 e. The maximum atomic E-state index is 11.9. The van der Waals surface area contributed by atoms with E-state index < -0.39 is 0 Å². The Labute approximate surface area is 112 Å². The highest BCUT2D eigenvalue weighted by molar-refractivity contribution is 6.29. The van der Waals surface area contributed by atoms with Gasteiger partial charge in [0.15, 0.2) is 6.61 Å². The lowest BCUT2D eigenvalue weighted by atomic mass is 10.2. The number of amides is 1. The van der Waals surface area contributed by atoms with E-state index in [4.69, 9.17) is 16.3 Å². The standard InChI is InChI=1S/C13H17ClN2O2/c14-12-6-5-11(9-15-12)18-10-13(17)16-7-3-1-2-4-8-16/h5-6,9H,1-4,7-8,10H2. The van der Waals surface area contributed by atoms with Crippen molar-refractivity contribution in [3.8, 4) is 5.75 Å². The summed E-state index contributed by atoms with van der Waals surface area (Å²) in [4.78, 5) is 17.7. The molecule has 4 nitrogen and oxygen atoms in total. The minimum Gasteiger partial charge on any atom is -0.482 e. The number of aromatic nitrogens is 1. The molecule has 0 saturated carbocycles. The van der Waals surface area contributed by atoms with Crippen molar-refractivity contribution < 1.29 is 9.53 Å². The molecule has 5 heteroatoms. The number of likely N-dealkylation sites (tertiary alicyclic amines) is 1. The molecule has 2 heterocycles. The summed E-state index contributed by atoms with van der Waals surface area (Å²) in [6, 6.07) is 3.36. The summed E-state index contributed by atoms with van der Waals surface area (Å²) in [5.41, 5.74) is 0. The largest absolute Gasteiger partial charge is 0.482 e. The van der Waals surface area contributed by atoms with Crippen LogP contribution in [-0.4, -0.2) is 35.5 Å². The second-order valence-electron chi connectivity index (χ2n) is 4.40. The maximum absolute atomic E-state index is 11.9. The van der Waals surface area contributed by atoms with Crippen LogP contribution < -0.4 is 4.74 Å². The van der Waals surface area contributed by atoms with Crippen LogP contribution in [0.1, 0.15) is 25.7 Å². The fraction of sp³-hybridized carbons (Fsp3) is 0.538. The van der Waals surface area contributed by atoms with Gasteiger partial charge in [-0.05, 0) is 25.0 Å². The van der Waals surface area contributed by atoms with Crippen LogP contribution in [0.2, 0.25) is 5.15 Å². The normalized spacial score (nSPS) is 16.2. The number of rotatable bonds is 3. The number of nitrogens with zero attached hydrogens (tertiary/aromatic N) is 2. The Morgan fingerprint density at radius 3 is 2.61 bits per heavy atom. The van der Waals surface area contributed by atoms with Crippen molar-refractivity contribution in [2.24, 2.45) is 0 Å². The monoisotopic (exact) mass is 268 g/mol. The summed E-state index contributed by atoms with van der Waals surface area (Å²) in [5.74, 6) is 0.620. The van der Waals surface area contributed by atoms with Gasteiger partial charge >= 0.3 is 0 Å². The first-order valence-electron chi connectivity index (χ1n) is 6.28. The molecule has 1 fully saturated rings. The third kappa shape index (κ3) is 3.88. The van der Waals surface area contributed by atoms with Crippen molar-refractivity contribution in [3.63, 3.8) is 0 Å². The van der Waals surface area contributed by atoms with E-state index in [1.807, 2.05) is 4.90 Å². The van der Waals surface area contributed by atoms with Gasteiger partial charge in [0, 0.05) is 13.1 Å².